The molecular formula is C20H19N5O2. The number of nitrogens with one attached hydrogen (secondary N) is 1. The van der Waals surface area contributed by atoms with Crippen LogP contribution in [0.1, 0.15) is 13.3 Å². The number of hydrogen-bond acceptors (Lipinski definition) is 4. The lowest BCUT2D eigenvalue weighted by Crippen LogP contribution is -2.30. The Morgan fingerprint density at radius 2 is 1.96 bits per heavy atom. The average molecular weight is 361 g/mol. The number of amides is 1. The molecule has 0 saturated heterocycles. The first kappa shape index (κ1) is 17.0. The topological polar surface area (TPSA) is 81.8 Å². The zero-order valence-electron chi connectivity index (χ0n) is 14.9. The SMILES string of the molecule is CCCn1c2ccccc2c2cnn(CC(=O)Nc3cccnc3)c(=O)c21. The minimum absolute atomic E-state index is 0.155. The fraction of sp³-hybridized carbons (Fsp3) is 0.200. The van der Waals surface area contributed by atoms with Crippen molar-refractivity contribution >= 4 is 33.4 Å². The van der Waals surface area contributed by atoms with E-state index in [1.54, 1.807) is 30.7 Å². The predicted molar refractivity (Wildman–Crippen MR) is 105 cm³/mol. The van der Waals surface area contributed by atoms with Crippen molar-refractivity contribution in [2.24, 2.45) is 0 Å². The van der Waals surface area contributed by atoms with Gasteiger partial charge in [-0.25, -0.2) is 4.68 Å². The third-order valence-electron chi connectivity index (χ3n) is 4.46. The summed E-state index contributed by atoms with van der Waals surface area (Å²) in [5.74, 6) is -0.324. The molecule has 136 valence electrons. The molecule has 3 heterocycles. The first-order valence-corrected chi connectivity index (χ1v) is 8.86. The van der Waals surface area contributed by atoms with Crippen LogP contribution in [0.5, 0.6) is 0 Å². The number of para-hydroxylation sites is 1. The molecule has 27 heavy (non-hydrogen) atoms. The van der Waals surface area contributed by atoms with Gasteiger partial charge >= 0.3 is 0 Å². The van der Waals surface area contributed by atoms with Gasteiger partial charge in [0.05, 0.1) is 18.1 Å². The van der Waals surface area contributed by atoms with Gasteiger partial charge in [0.15, 0.2) is 0 Å². The van der Waals surface area contributed by atoms with E-state index in [1.807, 2.05) is 28.8 Å². The first-order valence-electron chi connectivity index (χ1n) is 8.86. The Bertz CT molecular complexity index is 1180. The van der Waals surface area contributed by atoms with Gasteiger partial charge in [0.1, 0.15) is 12.1 Å². The van der Waals surface area contributed by atoms with Crippen molar-refractivity contribution in [2.75, 3.05) is 5.32 Å². The zero-order valence-corrected chi connectivity index (χ0v) is 14.9. The van der Waals surface area contributed by atoms with Gasteiger partial charge in [-0.2, -0.15) is 5.10 Å². The number of carbonyl (C=O) groups excluding carboxylic acids is 1. The highest BCUT2D eigenvalue weighted by Gasteiger charge is 2.16. The maximum Gasteiger partial charge on any atom is 0.291 e. The van der Waals surface area contributed by atoms with Crippen LogP contribution < -0.4 is 10.9 Å². The van der Waals surface area contributed by atoms with Crippen molar-refractivity contribution in [1.29, 1.82) is 0 Å². The summed E-state index contributed by atoms with van der Waals surface area (Å²) in [6.45, 7) is 2.64. The summed E-state index contributed by atoms with van der Waals surface area (Å²) in [6.07, 6.45) is 5.75. The van der Waals surface area contributed by atoms with Crippen molar-refractivity contribution in [3.05, 3.63) is 65.3 Å². The highest BCUT2D eigenvalue weighted by Crippen LogP contribution is 2.26. The summed E-state index contributed by atoms with van der Waals surface area (Å²) in [7, 11) is 0. The van der Waals surface area contributed by atoms with Crippen LogP contribution >= 0.6 is 0 Å². The van der Waals surface area contributed by atoms with E-state index < -0.39 is 0 Å². The molecule has 1 amide bonds. The van der Waals surface area contributed by atoms with Crippen LogP contribution in [0.3, 0.4) is 0 Å². The second-order valence-corrected chi connectivity index (χ2v) is 6.33. The Hall–Kier alpha value is -3.48. The molecule has 4 rings (SSSR count). The number of anilines is 1. The Balaban J connectivity index is 1.75. The second kappa shape index (κ2) is 7.03. The van der Waals surface area contributed by atoms with Gasteiger partial charge in [0.25, 0.3) is 5.56 Å². The van der Waals surface area contributed by atoms with Crippen molar-refractivity contribution in [3.63, 3.8) is 0 Å². The van der Waals surface area contributed by atoms with Crippen LogP contribution in [0.15, 0.2) is 59.8 Å². The van der Waals surface area contributed by atoms with Gasteiger partial charge in [-0.15, -0.1) is 0 Å². The molecule has 3 aromatic heterocycles. The molecule has 0 spiro atoms. The van der Waals surface area contributed by atoms with Crippen LogP contribution in [0.4, 0.5) is 5.69 Å². The van der Waals surface area contributed by atoms with E-state index in [2.05, 4.69) is 22.3 Å². The molecule has 4 aromatic rings. The summed E-state index contributed by atoms with van der Waals surface area (Å²) in [6, 6.07) is 11.4. The summed E-state index contributed by atoms with van der Waals surface area (Å²) in [4.78, 5) is 29.3. The van der Waals surface area contributed by atoms with Gasteiger partial charge in [-0.05, 0) is 24.6 Å². The van der Waals surface area contributed by atoms with Gasteiger partial charge in [-0.1, -0.05) is 25.1 Å². The van der Waals surface area contributed by atoms with Crippen LogP contribution in [-0.2, 0) is 17.9 Å². The number of fused-ring (bicyclic) bond motifs is 3. The molecular weight excluding hydrogens is 342 g/mol. The molecule has 0 radical (unpaired) electrons. The van der Waals surface area contributed by atoms with Gasteiger partial charge in [0, 0.05) is 29.0 Å². The standard InChI is InChI=1S/C20H19N5O2/c1-2-10-24-17-8-4-3-7-15(17)16-12-22-25(20(27)19(16)24)13-18(26)23-14-6-5-9-21-11-14/h3-9,11-12H,2,10,13H2,1H3,(H,23,26). The van der Waals surface area contributed by atoms with Crippen LogP contribution in [0, 0.1) is 0 Å². The van der Waals surface area contributed by atoms with Crippen LogP contribution in [0.2, 0.25) is 0 Å². The van der Waals surface area contributed by atoms with E-state index >= 15 is 0 Å². The van der Waals surface area contributed by atoms with E-state index in [1.165, 1.54) is 4.68 Å². The minimum Gasteiger partial charge on any atom is -0.336 e. The van der Waals surface area contributed by atoms with Crippen molar-refractivity contribution < 1.29 is 4.79 Å². The largest absolute Gasteiger partial charge is 0.336 e. The lowest BCUT2D eigenvalue weighted by molar-refractivity contribution is -0.117. The lowest BCUT2D eigenvalue weighted by Gasteiger charge is -2.08. The van der Waals surface area contributed by atoms with E-state index in [0.29, 0.717) is 11.2 Å². The van der Waals surface area contributed by atoms with Crippen LogP contribution in [-0.4, -0.2) is 25.2 Å². The molecule has 7 nitrogen and oxygen atoms in total. The molecule has 1 N–H and O–H groups in total. The highest BCUT2D eigenvalue weighted by molar-refractivity contribution is 6.07. The molecule has 7 heteroatoms. The Morgan fingerprint density at radius 1 is 1.11 bits per heavy atom. The van der Waals surface area contributed by atoms with E-state index in [9.17, 15) is 9.59 Å². The molecule has 0 saturated carbocycles. The second-order valence-electron chi connectivity index (χ2n) is 6.33. The van der Waals surface area contributed by atoms with Crippen molar-refractivity contribution in [3.8, 4) is 0 Å². The number of hydrogen-bond donors (Lipinski definition) is 1. The fourth-order valence-corrected chi connectivity index (χ4v) is 3.34. The molecule has 0 atom stereocenters. The van der Waals surface area contributed by atoms with E-state index in [0.717, 1.165) is 29.3 Å². The van der Waals surface area contributed by atoms with Crippen molar-refractivity contribution in [2.45, 2.75) is 26.4 Å². The van der Waals surface area contributed by atoms with E-state index in [4.69, 9.17) is 0 Å². The summed E-state index contributed by atoms with van der Waals surface area (Å²) < 4.78 is 3.23. The number of pyridine rings is 1. The number of nitrogens with zero attached hydrogens (tertiary/aromatic N) is 4. The average Bonchev–Trinajstić information content (AvgIpc) is 3.00. The summed E-state index contributed by atoms with van der Waals surface area (Å²) >= 11 is 0. The lowest BCUT2D eigenvalue weighted by atomic mass is 10.2. The van der Waals surface area contributed by atoms with Gasteiger partial charge < -0.3 is 9.88 Å². The van der Waals surface area contributed by atoms with Gasteiger partial charge in [-0.3, -0.25) is 14.6 Å². The maximum atomic E-state index is 13.1. The number of aromatic nitrogens is 4. The van der Waals surface area contributed by atoms with Crippen LogP contribution in [0.25, 0.3) is 21.8 Å². The summed E-state index contributed by atoms with van der Waals surface area (Å²) in [5.41, 5.74) is 1.91. The maximum absolute atomic E-state index is 13.1. The molecule has 0 unspecified atom stereocenters. The first-order chi connectivity index (χ1) is 13.2. The van der Waals surface area contributed by atoms with E-state index in [-0.39, 0.29) is 18.0 Å². The monoisotopic (exact) mass is 361 g/mol. The Morgan fingerprint density at radius 3 is 2.74 bits per heavy atom. The normalized spacial score (nSPS) is 11.1. The molecule has 0 aliphatic carbocycles. The number of carbonyl (C=O) groups is 1. The Labute approximate surface area is 155 Å². The third kappa shape index (κ3) is 3.08. The zero-order chi connectivity index (χ0) is 18.8. The van der Waals surface area contributed by atoms with Gasteiger partial charge in [0.2, 0.25) is 5.91 Å². The number of benzene rings is 1. The Kier molecular flexibility index (Phi) is 4.42. The summed E-state index contributed by atoms with van der Waals surface area (Å²) in [5, 5.41) is 8.76. The molecule has 0 fully saturated rings. The number of aryl methyl sites for hydroxylation is 1. The number of rotatable bonds is 5. The highest BCUT2D eigenvalue weighted by atomic mass is 16.2. The smallest absolute Gasteiger partial charge is 0.291 e. The minimum atomic E-state index is -0.324. The molecule has 0 bridgehead atoms. The molecule has 0 aliphatic heterocycles. The quantitative estimate of drug-likeness (QED) is 0.593. The molecule has 1 aromatic carbocycles. The fourth-order valence-electron chi connectivity index (χ4n) is 3.34. The third-order valence-corrected chi connectivity index (χ3v) is 4.46. The van der Waals surface area contributed by atoms with Crippen molar-refractivity contribution in [1.82, 2.24) is 19.3 Å². The predicted octanol–water partition coefficient (Wildman–Crippen LogP) is 2.79. The molecule has 0 aliphatic rings.